The maximum Gasteiger partial charge on any atom is 0.330 e. The molecule has 28 heavy (non-hydrogen) atoms. The van der Waals surface area contributed by atoms with Crippen LogP contribution in [0.1, 0.15) is 16.7 Å². The summed E-state index contributed by atoms with van der Waals surface area (Å²) < 4.78 is 5.07. The second-order valence-electron chi connectivity index (χ2n) is 6.79. The Morgan fingerprint density at radius 3 is 1.68 bits per heavy atom. The van der Waals surface area contributed by atoms with Crippen LogP contribution in [0.25, 0.3) is 0 Å². The molecule has 0 radical (unpaired) electrons. The lowest BCUT2D eigenvalue weighted by Gasteiger charge is -2.26. The third-order valence-corrected chi connectivity index (χ3v) is 4.58. The van der Waals surface area contributed by atoms with Crippen LogP contribution in [0.2, 0.25) is 0 Å². The van der Waals surface area contributed by atoms with Crippen molar-refractivity contribution >= 4 is 23.0 Å². The lowest BCUT2D eigenvalue weighted by atomic mass is 10.1. The standard InChI is InChI=1S/C25H25NO2/c1-4-25(27)28-18-17-21-9-15-24(16-10-21)26(22-11-5-19(2)6-12-22)23-13-7-20(3)8-14-23/h4-16H,1,17-18H2,2-3H3. The second-order valence-corrected chi connectivity index (χ2v) is 6.79. The zero-order valence-corrected chi connectivity index (χ0v) is 16.4. The summed E-state index contributed by atoms with van der Waals surface area (Å²) in [5.74, 6) is -0.387. The number of rotatable bonds is 7. The maximum atomic E-state index is 11.2. The Hall–Kier alpha value is -3.33. The zero-order valence-electron chi connectivity index (χ0n) is 16.4. The predicted octanol–water partition coefficient (Wildman–Crippen LogP) is 6.04. The molecule has 0 aliphatic heterocycles. The van der Waals surface area contributed by atoms with Gasteiger partial charge < -0.3 is 9.64 Å². The Bertz CT molecular complexity index is 880. The first-order valence-corrected chi connectivity index (χ1v) is 9.38. The van der Waals surface area contributed by atoms with E-state index in [-0.39, 0.29) is 5.97 Å². The van der Waals surface area contributed by atoms with E-state index in [9.17, 15) is 4.79 Å². The molecule has 0 N–H and O–H groups in total. The summed E-state index contributed by atoms with van der Waals surface area (Å²) in [5, 5.41) is 0. The van der Waals surface area contributed by atoms with Gasteiger partial charge in [0.1, 0.15) is 0 Å². The smallest absolute Gasteiger partial charge is 0.330 e. The molecule has 0 atom stereocenters. The number of nitrogens with zero attached hydrogens (tertiary/aromatic N) is 1. The van der Waals surface area contributed by atoms with Gasteiger partial charge in [-0.3, -0.25) is 0 Å². The summed E-state index contributed by atoms with van der Waals surface area (Å²) in [4.78, 5) is 13.4. The highest BCUT2D eigenvalue weighted by Gasteiger charge is 2.12. The number of anilines is 3. The van der Waals surface area contributed by atoms with Crippen LogP contribution in [0.5, 0.6) is 0 Å². The van der Waals surface area contributed by atoms with E-state index in [1.165, 1.54) is 17.2 Å². The Balaban J connectivity index is 1.85. The summed E-state index contributed by atoms with van der Waals surface area (Å²) in [6.07, 6.45) is 1.86. The molecule has 142 valence electrons. The van der Waals surface area contributed by atoms with Crippen LogP contribution in [-0.2, 0) is 16.0 Å². The number of hydrogen-bond acceptors (Lipinski definition) is 3. The Labute approximate surface area is 166 Å². The molecule has 3 rings (SSSR count). The summed E-state index contributed by atoms with van der Waals surface area (Å²) in [6, 6.07) is 25.4. The maximum absolute atomic E-state index is 11.2. The van der Waals surface area contributed by atoms with Crippen LogP contribution in [0.4, 0.5) is 17.1 Å². The highest BCUT2D eigenvalue weighted by Crippen LogP contribution is 2.34. The minimum absolute atomic E-state index is 0.351. The van der Waals surface area contributed by atoms with E-state index in [2.05, 4.69) is 98.1 Å². The normalized spacial score (nSPS) is 10.4. The molecule has 3 nitrogen and oxygen atoms in total. The Morgan fingerprint density at radius 1 is 0.821 bits per heavy atom. The quantitative estimate of drug-likeness (QED) is 0.374. The van der Waals surface area contributed by atoms with Gasteiger partial charge in [-0.1, -0.05) is 54.1 Å². The molecule has 0 heterocycles. The van der Waals surface area contributed by atoms with Gasteiger partial charge in [-0.2, -0.15) is 0 Å². The molecular weight excluding hydrogens is 346 g/mol. The first kappa shape index (κ1) is 19.4. The fourth-order valence-corrected chi connectivity index (χ4v) is 2.97. The van der Waals surface area contributed by atoms with Crippen LogP contribution < -0.4 is 4.90 Å². The van der Waals surface area contributed by atoms with E-state index in [4.69, 9.17) is 4.74 Å². The number of ether oxygens (including phenoxy) is 1. The van der Waals surface area contributed by atoms with Crippen molar-refractivity contribution in [2.75, 3.05) is 11.5 Å². The van der Waals surface area contributed by atoms with E-state index in [1.807, 2.05) is 0 Å². The van der Waals surface area contributed by atoms with Gasteiger partial charge in [0.2, 0.25) is 0 Å². The minimum Gasteiger partial charge on any atom is -0.462 e. The molecule has 0 amide bonds. The first-order valence-electron chi connectivity index (χ1n) is 9.38. The summed E-state index contributed by atoms with van der Waals surface area (Å²) in [6.45, 7) is 7.94. The van der Waals surface area contributed by atoms with Crippen LogP contribution >= 0.6 is 0 Å². The van der Waals surface area contributed by atoms with Crippen LogP contribution in [0.3, 0.4) is 0 Å². The number of esters is 1. The average molecular weight is 371 g/mol. The zero-order chi connectivity index (χ0) is 19.9. The summed E-state index contributed by atoms with van der Waals surface area (Å²) >= 11 is 0. The number of hydrogen-bond donors (Lipinski definition) is 0. The lowest BCUT2D eigenvalue weighted by molar-refractivity contribution is -0.137. The van der Waals surface area contributed by atoms with Crippen molar-refractivity contribution in [1.29, 1.82) is 0 Å². The van der Waals surface area contributed by atoms with Gasteiger partial charge in [0.15, 0.2) is 0 Å². The van der Waals surface area contributed by atoms with Gasteiger partial charge in [0.25, 0.3) is 0 Å². The fourth-order valence-electron chi connectivity index (χ4n) is 2.97. The number of carbonyl (C=O) groups excluding carboxylic acids is 1. The van der Waals surface area contributed by atoms with E-state index in [1.54, 1.807) is 0 Å². The Kier molecular flexibility index (Phi) is 6.28. The van der Waals surface area contributed by atoms with Crippen molar-refractivity contribution in [3.8, 4) is 0 Å². The van der Waals surface area contributed by atoms with Crippen molar-refractivity contribution < 1.29 is 9.53 Å². The highest BCUT2D eigenvalue weighted by atomic mass is 16.5. The number of benzene rings is 3. The molecular formula is C25H25NO2. The van der Waals surface area contributed by atoms with Gasteiger partial charge in [-0.25, -0.2) is 4.79 Å². The molecule has 0 saturated carbocycles. The molecule has 0 bridgehead atoms. The monoisotopic (exact) mass is 371 g/mol. The van der Waals surface area contributed by atoms with Crippen molar-refractivity contribution in [1.82, 2.24) is 0 Å². The SMILES string of the molecule is C=CC(=O)OCCc1ccc(N(c2ccc(C)cc2)c2ccc(C)cc2)cc1. The lowest BCUT2D eigenvalue weighted by Crippen LogP contribution is -2.10. The predicted molar refractivity (Wildman–Crippen MR) is 115 cm³/mol. The van der Waals surface area contributed by atoms with Gasteiger partial charge in [0, 0.05) is 29.6 Å². The molecule has 3 aromatic carbocycles. The number of carbonyl (C=O) groups is 1. The summed E-state index contributed by atoms with van der Waals surface area (Å²) in [5.41, 5.74) is 6.89. The minimum atomic E-state index is -0.387. The van der Waals surface area contributed by atoms with Crippen molar-refractivity contribution in [3.05, 3.63) is 102 Å². The molecule has 0 fully saturated rings. The third-order valence-electron chi connectivity index (χ3n) is 4.58. The van der Waals surface area contributed by atoms with E-state index < -0.39 is 0 Å². The number of aryl methyl sites for hydroxylation is 2. The van der Waals surface area contributed by atoms with E-state index >= 15 is 0 Å². The molecule has 0 aliphatic rings. The fraction of sp³-hybridized carbons (Fsp3) is 0.160. The van der Waals surface area contributed by atoms with Crippen molar-refractivity contribution in [2.45, 2.75) is 20.3 Å². The van der Waals surface area contributed by atoms with Gasteiger partial charge in [-0.15, -0.1) is 0 Å². The molecule has 0 saturated heterocycles. The highest BCUT2D eigenvalue weighted by molar-refractivity contribution is 5.81. The first-order chi connectivity index (χ1) is 13.6. The second kappa shape index (κ2) is 9.05. The van der Waals surface area contributed by atoms with Crippen LogP contribution in [-0.4, -0.2) is 12.6 Å². The van der Waals surface area contributed by atoms with Gasteiger partial charge in [-0.05, 0) is 55.8 Å². The molecule has 0 spiro atoms. The largest absolute Gasteiger partial charge is 0.462 e. The average Bonchev–Trinajstić information content (AvgIpc) is 2.72. The molecule has 3 aromatic rings. The van der Waals surface area contributed by atoms with Crippen LogP contribution in [0, 0.1) is 13.8 Å². The molecule has 3 heteroatoms. The molecule has 0 unspecified atom stereocenters. The van der Waals surface area contributed by atoms with Crippen molar-refractivity contribution in [2.24, 2.45) is 0 Å². The topological polar surface area (TPSA) is 29.5 Å². The summed E-state index contributed by atoms with van der Waals surface area (Å²) in [7, 11) is 0. The molecule has 0 aliphatic carbocycles. The van der Waals surface area contributed by atoms with Crippen molar-refractivity contribution in [3.63, 3.8) is 0 Å². The van der Waals surface area contributed by atoms with E-state index in [0.29, 0.717) is 13.0 Å². The molecule has 0 aromatic heterocycles. The van der Waals surface area contributed by atoms with Gasteiger partial charge >= 0.3 is 5.97 Å². The van der Waals surface area contributed by atoms with Crippen LogP contribution in [0.15, 0.2) is 85.5 Å². The third kappa shape index (κ3) is 4.89. The van der Waals surface area contributed by atoms with E-state index in [0.717, 1.165) is 22.6 Å². The van der Waals surface area contributed by atoms with Gasteiger partial charge in [0.05, 0.1) is 6.61 Å². The Morgan fingerprint density at radius 2 is 1.25 bits per heavy atom.